The average Bonchev–Trinajstić information content (AvgIpc) is 2.62. The summed E-state index contributed by atoms with van der Waals surface area (Å²) in [6.45, 7) is 3.80. The highest BCUT2D eigenvalue weighted by Crippen LogP contribution is 2.30. The average molecular weight is 381 g/mol. The molecule has 1 amide bonds. The van der Waals surface area contributed by atoms with Crippen LogP contribution in [-0.2, 0) is 11.0 Å². The molecule has 0 bridgehead atoms. The lowest BCUT2D eigenvalue weighted by molar-refractivity contribution is -0.137. The molecule has 0 fully saturated rings. The Morgan fingerprint density at radius 3 is 2.37 bits per heavy atom. The number of alkyl halides is 3. The third-order valence-corrected chi connectivity index (χ3v) is 4.02. The van der Waals surface area contributed by atoms with Crippen LogP contribution < -0.4 is 14.8 Å². The molecule has 0 saturated carbocycles. The lowest BCUT2D eigenvalue weighted by Gasteiger charge is -2.16. The Morgan fingerprint density at radius 2 is 1.78 bits per heavy atom. The van der Waals surface area contributed by atoms with Crippen LogP contribution in [0.15, 0.2) is 42.5 Å². The van der Waals surface area contributed by atoms with Gasteiger partial charge in [0.15, 0.2) is 11.5 Å². The van der Waals surface area contributed by atoms with Gasteiger partial charge in [-0.05, 0) is 49.2 Å². The number of amides is 1. The molecular formula is C20H22F3NO3. The van der Waals surface area contributed by atoms with E-state index in [9.17, 15) is 18.0 Å². The third kappa shape index (κ3) is 5.91. The van der Waals surface area contributed by atoms with Crippen LogP contribution in [0.3, 0.4) is 0 Å². The first-order valence-corrected chi connectivity index (χ1v) is 8.44. The van der Waals surface area contributed by atoms with Gasteiger partial charge in [-0.3, -0.25) is 4.79 Å². The predicted octanol–water partition coefficient (Wildman–Crippen LogP) is 4.67. The Kier molecular flexibility index (Phi) is 6.71. The van der Waals surface area contributed by atoms with E-state index in [0.717, 1.165) is 17.7 Å². The summed E-state index contributed by atoms with van der Waals surface area (Å²) >= 11 is 0. The minimum atomic E-state index is -4.38. The van der Waals surface area contributed by atoms with Crippen LogP contribution in [0.2, 0.25) is 0 Å². The number of halogens is 3. The molecular weight excluding hydrogens is 359 g/mol. The number of hydrogen-bond donors (Lipinski definition) is 1. The van der Waals surface area contributed by atoms with Crippen molar-refractivity contribution in [3.63, 3.8) is 0 Å². The maximum atomic E-state index is 12.6. The van der Waals surface area contributed by atoms with Crippen molar-refractivity contribution in [1.29, 1.82) is 0 Å². The van der Waals surface area contributed by atoms with Gasteiger partial charge in [0.05, 0.1) is 31.7 Å². The number of carbonyl (C=O) groups excluding carboxylic acids is 1. The molecule has 0 heterocycles. The molecule has 4 nitrogen and oxygen atoms in total. The predicted molar refractivity (Wildman–Crippen MR) is 95.8 cm³/mol. The quantitative estimate of drug-likeness (QED) is 0.758. The second-order valence-corrected chi connectivity index (χ2v) is 6.16. The Morgan fingerprint density at radius 1 is 1.11 bits per heavy atom. The molecule has 0 radical (unpaired) electrons. The largest absolute Gasteiger partial charge is 0.493 e. The van der Waals surface area contributed by atoms with Gasteiger partial charge < -0.3 is 14.8 Å². The molecule has 0 aliphatic carbocycles. The fourth-order valence-electron chi connectivity index (χ4n) is 2.51. The topological polar surface area (TPSA) is 47.6 Å². The Bertz CT molecular complexity index is 773. The SMILES string of the molecule is COc1cc(C)ccc1OCCC(=O)NC(C)c1ccc(C(F)(F)F)cc1. The third-order valence-electron chi connectivity index (χ3n) is 4.02. The highest BCUT2D eigenvalue weighted by molar-refractivity contribution is 5.76. The summed E-state index contributed by atoms with van der Waals surface area (Å²) < 4.78 is 48.6. The maximum absolute atomic E-state index is 12.6. The fourth-order valence-corrected chi connectivity index (χ4v) is 2.51. The first kappa shape index (κ1) is 20.6. The Hall–Kier alpha value is -2.70. The Labute approximate surface area is 156 Å². The van der Waals surface area contributed by atoms with E-state index in [4.69, 9.17) is 9.47 Å². The van der Waals surface area contributed by atoms with Crippen LogP contribution in [0.5, 0.6) is 11.5 Å². The number of hydrogen-bond acceptors (Lipinski definition) is 3. The second kappa shape index (κ2) is 8.79. The van der Waals surface area contributed by atoms with Crippen LogP contribution in [0, 0.1) is 6.92 Å². The summed E-state index contributed by atoms with van der Waals surface area (Å²) in [4.78, 5) is 12.0. The van der Waals surface area contributed by atoms with Crippen LogP contribution >= 0.6 is 0 Å². The zero-order valence-corrected chi connectivity index (χ0v) is 15.4. The standard InChI is InChI=1S/C20H22F3NO3/c1-13-4-9-17(18(12-13)26-3)27-11-10-19(25)24-14(2)15-5-7-16(8-6-15)20(21,22)23/h4-9,12,14H,10-11H2,1-3H3,(H,24,25). The number of aryl methyl sites for hydroxylation is 1. The Balaban J connectivity index is 1.85. The summed E-state index contributed by atoms with van der Waals surface area (Å²) in [5, 5.41) is 2.75. The molecule has 0 aliphatic rings. The summed E-state index contributed by atoms with van der Waals surface area (Å²) in [5.74, 6) is 0.883. The van der Waals surface area contributed by atoms with Crippen molar-refractivity contribution in [2.45, 2.75) is 32.5 Å². The second-order valence-electron chi connectivity index (χ2n) is 6.16. The van der Waals surface area contributed by atoms with E-state index < -0.39 is 17.8 Å². The maximum Gasteiger partial charge on any atom is 0.416 e. The molecule has 0 spiro atoms. The molecule has 2 aromatic rings. The minimum absolute atomic E-state index is 0.113. The number of rotatable bonds is 7. The van der Waals surface area contributed by atoms with Crippen molar-refractivity contribution in [1.82, 2.24) is 5.32 Å². The molecule has 1 atom stereocenters. The van der Waals surface area contributed by atoms with E-state index in [1.165, 1.54) is 12.1 Å². The number of methoxy groups -OCH3 is 1. The summed E-state index contributed by atoms with van der Waals surface area (Å²) in [6.07, 6.45) is -4.26. The van der Waals surface area contributed by atoms with Crippen molar-refractivity contribution >= 4 is 5.91 Å². The summed E-state index contributed by atoms with van der Waals surface area (Å²) in [5.41, 5.74) is 0.907. The van der Waals surface area contributed by atoms with Crippen molar-refractivity contribution in [2.24, 2.45) is 0 Å². The van der Waals surface area contributed by atoms with Gasteiger partial charge in [0.1, 0.15) is 0 Å². The molecule has 2 aromatic carbocycles. The van der Waals surface area contributed by atoms with E-state index in [-0.39, 0.29) is 18.9 Å². The van der Waals surface area contributed by atoms with E-state index in [1.54, 1.807) is 20.1 Å². The number of nitrogens with one attached hydrogen (secondary N) is 1. The first-order valence-electron chi connectivity index (χ1n) is 8.44. The summed E-state index contributed by atoms with van der Waals surface area (Å²) in [6, 6.07) is 9.82. The zero-order chi connectivity index (χ0) is 20.0. The zero-order valence-electron chi connectivity index (χ0n) is 15.4. The van der Waals surface area contributed by atoms with Crippen LogP contribution in [0.1, 0.15) is 36.1 Å². The molecule has 0 aromatic heterocycles. The first-order chi connectivity index (χ1) is 12.7. The van der Waals surface area contributed by atoms with Gasteiger partial charge in [-0.15, -0.1) is 0 Å². The van der Waals surface area contributed by atoms with Gasteiger partial charge in [-0.25, -0.2) is 0 Å². The van der Waals surface area contributed by atoms with Crippen LogP contribution in [0.4, 0.5) is 13.2 Å². The van der Waals surface area contributed by atoms with Gasteiger partial charge in [0.25, 0.3) is 0 Å². The van der Waals surface area contributed by atoms with Crippen LogP contribution in [0.25, 0.3) is 0 Å². The smallest absolute Gasteiger partial charge is 0.416 e. The minimum Gasteiger partial charge on any atom is -0.493 e. The molecule has 7 heteroatoms. The molecule has 27 heavy (non-hydrogen) atoms. The molecule has 2 rings (SSSR count). The van der Waals surface area contributed by atoms with E-state index in [0.29, 0.717) is 17.1 Å². The lowest BCUT2D eigenvalue weighted by atomic mass is 10.1. The normalized spacial score (nSPS) is 12.4. The number of benzene rings is 2. The monoisotopic (exact) mass is 381 g/mol. The molecule has 1 N–H and O–H groups in total. The lowest BCUT2D eigenvalue weighted by Crippen LogP contribution is -2.28. The molecule has 0 aliphatic heterocycles. The van der Waals surface area contributed by atoms with Gasteiger partial charge in [-0.1, -0.05) is 18.2 Å². The van der Waals surface area contributed by atoms with Gasteiger partial charge in [0.2, 0.25) is 5.91 Å². The van der Waals surface area contributed by atoms with Gasteiger partial charge >= 0.3 is 6.18 Å². The molecule has 146 valence electrons. The molecule has 0 saturated heterocycles. The highest BCUT2D eigenvalue weighted by Gasteiger charge is 2.30. The van der Waals surface area contributed by atoms with E-state index in [1.807, 2.05) is 19.1 Å². The van der Waals surface area contributed by atoms with Crippen molar-refractivity contribution in [2.75, 3.05) is 13.7 Å². The van der Waals surface area contributed by atoms with Crippen molar-refractivity contribution < 1.29 is 27.4 Å². The highest BCUT2D eigenvalue weighted by atomic mass is 19.4. The number of carbonyl (C=O) groups is 1. The van der Waals surface area contributed by atoms with Gasteiger partial charge in [0, 0.05) is 0 Å². The van der Waals surface area contributed by atoms with Crippen molar-refractivity contribution in [3.05, 3.63) is 59.2 Å². The van der Waals surface area contributed by atoms with Gasteiger partial charge in [-0.2, -0.15) is 13.2 Å². The van der Waals surface area contributed by atoms with E-state index in [2.05, 4.69) is 5.32 Å². The molecule has 1 unspecified atom stereocenters. The number of ether oxygens (including phenoxy) is 2. The summed E-state index contributed by atoms with van der Waals surface area (Å²) in [7, 11) is 1.54. The van der Waals surface area contributed by atoms with Crippen molar-refractivity contribution in [3.8, 4) is 11.5 Å². The van der Waals surface area contributed by atoms with Crippen LogP contribution in [-0.4, -0.2) is 19.6 Å². The fraction of sp³-hybridized carbons (Fsp3) is 0.350. The van der Waals surface area contributed by atoms with E-state index >= 15 is 0 Å².